The number of anilines is 1. The van der Waals surface area contributed by atoms with Gasteiger partial charge in [-0.1, -0.05) is 54.6 Å². The summed E-state index contributed by atoms with van der Waals surface area (Å²) in [5, 5.41) is 13.4. The fourth-order valence-corrected chi connectivity index (χ4v) is 4.78. The van der Waals surface area contributed by atoms with Crippen LogP contribution in [0.5, 0.6) is 5.88 Å². The maximum absolute atomic E-state index is 13.0. The van der Waals surface area contributed by atoms with Crippen LogP contribution in [0.1, 0.15) is 19.5 Å². The average Bonchev–Trinajstić information content (AvgIpc) is 3.27. The van der Waals surface area contributed by atoms with Crippen LogP contribution in [0.3, 0.4) is 0 Å². The molecular weight excluding hydrogens is 476 g/mol. The first-order chi connectivity index (χ1) is 17.0. The molecule has 0 aliphatic carbocycles. The lowest BCUT2D eigenvalue weighted by molar-refractivity contribution is -0.279. The van der Waals surface area contributed by atoms with Crippen molar-refractivity contribution in [2.45, 2.75) is 20.4 Å². The van der Waals surface area contributed by atoms with Crippen LogP contribution in [-0.4, -0.2) is 31.6 Å². The second-order valence-corrected chi connectivity index (χ2v) is 8.42. The zero-order valence-corrected chi connectivity index (χ0v) is 21.1. The first-order valence-corrected chi connectivity index (χ1v) is 12.1. The summed E-state index contributed by atoms with van der Waals surface area (Å²) in [6.07, 6.45) is 8.79. The molecule has 35 heavy (non-hydrogen) atoms. The van der Waals surface area contributed by atoms with Gasteiger partial charge < -0.3 is 9.67 Å². The Morgan fingerprint density at radius 1 is 0.857 bits per heavy atom. The van der Waals surface area contributed by atoms with Crippen LogP contribution in [0.25, 0.3) is 11.8 Å². The highest BCUT2D eigenvalue weighted by molar-refractivity contribution is 7.80. The summed E-state index contributed by atoms with van der Waals surface area (Å²) in [6, 6.07) is 19.1. The van der Waals surface area contributed by atoms with E-state index in [4.69, 9.17) is 24.4 Å². The minimum Gasteiger partial charge on any atom is -0.859 e. The largest absolute Gasteiger partial charge is 0.859 e. The molecule has 2 heterocycles. The molecule has 6 nitrogen and oxygen atoms in total. The predicted molar refractivity (Wildman–Crippen MR) is 145 cm³/mol. The van der Waals surface area contributed by atoms with Crippen LogP contribution in [-0.2, 0) is 11.3 Å². The molecule has 0 spiro atoms. The van der Waals surface area contributed by atoms with E-state index in [1.807, 2.05) is 74.5 Å². The van der Waals surface area contributed by atoms with Gasteiger partial charge in [-0.05, 0) is 80.6 Å². The minimum absolute atomic E-state index is 0.144. The Kier molecular flexibility index (Phi) is 7.43. The van der Waals surface area contributed by atoms with E-state index in [-0.39, 0.29) is 11.8 Å². The fourth-order valence-electron chi connectivity index (χ4n) is 3.95. The predicted octanol–water partition coefficient (Wildman–Crippen LogP) is 5.21. The van der Waals surface area contributed by atoms with E-state index in [0.717, 1.165) is 11.4 Å². The van der Waals surface area contributed by atoms with Gasteiger partial charge >= 0.3 is 0 Å². The van der Waals surface area contributed by atoms with Crippen molar-refractivity contribution in [1.82, 2.24) is 14.0 Å². The molecule has 0 atom stereocenters. The van der Waals surface area contributed by atoms with Crippen molar-refractivity contribution in [2.24, 2.45) is 0 Å². The van der Waals surface area contributed by atoms with E-state index in [1.54, 1.807) is 49.3 Å². The van der Waals surface area contributed by atoms with Gasteiger partial charge in [-0.15, -0.1) is 0 Å². The van der Waals surface area contributed by atoms with Crippen LogP contribution in [0, 0.1) is 4.77 Å². The molecule has 1 saturated heterocycles. The molecule has 8 heteroatoms. The average molecular weight is 502 g/mol. The van der Waals surface area contributed by atoms with E-state index < -0.39 is 0 Å². The molecule has 1 fully saturated rings. The van der Waals surface area contributed by atoms with Gasteiger partial charge in [0.15, 0.2) is 9.88 Å². The molecule has 0 saturated carbocycles. The van der Waals surface area contributed by atoms with Gasteiger partial charge in [0.05, 0.1) is 5.69 Å². The Morgan fingerprint density at radius 2 is 1.49 bits per heavy atom. The summed E-state index contributed by atoms with van der Waals surface area (Å²) in [5.41, 5.74) is 2.61. The van der Waals surface area contributed by atoms with E-state index in [0.29, 0.717) is 34.4 Å². The van der Waals surface area contributed by atoms with Crippen LogP contribution in [0.2, 0.25) is 0 Å². The second-order valence-electron chi connectivity index (χ2n) is 7.69. The number of hydrogen-bond donors (Lipinski definition) is 0. The number of carbonyl (C=O) groups excluding carboxylic acids is 1. The number of aromatic nitrogens is 2. The number of benzene rings is 2. The molecule has 2 aromatic carbocycles. The third-order valence-corrected chi connectivity index (χ3v) is 6.45. The highest BCUT2D eigenvalue weighted by Crippen LogP contribution is 2.28. The Hall–Kier alpha value is -3.75. The molecule has 178 valence electrons. The van der Waals surface area contributed by atoms with Gasteiger partial charge in [0.2, 0.25) is 0 Å². The lowest BCUT2D eigenvalue weighted by atomic mass is 10.2. The quantitative estimate of drug-likeness (QED) is 0.253. The molecule has 4 rings (SSSR count). The van der Waals surface area contributed by atoms with Gasteiger partial charge in [0.25, 0.3) is 5.91 Å². The maximum atomic E-state index is 13.0. The first kappa shape index (κ1) is 24.4. The zero-order valence-electron chi connectivity index (χ0n) is 19.5. The van der Waals surface area contributed by atoms with Crippen molar-refractivity contribution in [2.75, 3.05) is 11.4 Å². The van der Waals surface area contributed by atoms with Gasteiger partial charge in [-0.3, -0.25) is 19.2 Å². The molecule has 3 aromatic rings. The third-order valence-electron chi connectivity index (χ3n) is 5.65. The number of para-hydroxylation sites is 2. The zero-order chi connectivity index (χ0) is 24.9. The number of amides is 1. The van der Waals surface area contributed by atoms with E-state index in [1.165, 1.54) is 0 Å². The van der Waals surface area contributed by atoms with Crippen LogP contribution in [0.15, 0.2) is 90.7 Å². The Balaban J connectivity index is 1.66. The van der Waals surface area contributed by atoms with Crippen molar-refractivity contribution in [3.63, 3.8) is 0 Å². The summed E-state index contributed by atoms with van der Waals surface area (Å²) in [6.45, 7) is 4.78. The maximum Gasteiger partial charge on any atom is 0.277 e. The van der Waals surface area contributed by atoms with Gasteiger partial charge in [-0.2, -0.15) is 0 Å². The standard InChI is InChI=1S/C27H26N4O2S2/c1-3-28-24(32)22(30(26(28)34)20-14-8-5-9-15-20)18-12-7-13-19-23-25(33)29(4-2)27(35)31(23)21-16-10-6-11-17-21/h5-19,32H,3-4H2,1-2H3/p-1/b13-7+,18-12+,23-19-. The number of imidazole rings is 1. The summed E-state index contributed by atoms with van der Waals surface area (Å²) >= 11 is 11.1. The lowest BCUT2D eigenvalue weighted by Crippen LogP contribution is -2.32. The molecule has 1 aliphatic heterocycles. The molecule has 1 amide bonds. The summed E-state index contributed by atoms with van der Waals surface area (Å²) in [7, 11) is 0. The first-order valence-electron chi connectivity index (χ1n) is 11.3. The summed E-state index contributed by atoms with van der Waals surface area (Å²) in [5.74, 6) is -0.288. The summed E-state index contributed by atoms with van der Waals surface area (Å²) < 4.78 is 3.81. The van der Waals surface area contributed by atoms with E-state index in [2.05, 4.69) is 0 Å². The SMILES string of the molecule is CCN1C(=O)/C(=C/C=C/C=C/c2c([O-])n(CC)c(=S)n2-c2ccccc2)N(c2ccccc2)C1=S. The minimum atomic E-state index is -0.144. The van der Waals surface area contributed by atoms with Crippen molar-refractivity contribution in [1.29, 1.82) is 0 Å². The van der Waals surface area contributed by atoms with Crippen molar-refractivity contribution in [3.8, 4) is 11.6 Å². The van der Waals surface area contributed by atoms with Crippen LogP contribution >= 0.6 is 24.4 Å². The number of allylic oxidation sites excluding steroid dienone is 4. The normalized spacial score (nSPS) is 15.4. The number of carbonyl (C=O) groups is 1. The highest BCUT2D eigenvalue weighted by Gasteiger charge is 2.37. The van der Waals surface area contributed by atoms with E-state index in [9.17, 15) is 9.90 Å². The lowest BCUT2D eigenvalue weighted by Gasteiger charge is -2.19. The molecule has 1 aliphatic rings. The Bertz CT molecular complexity index is 1390. The Morgan fingerprint density at radius 3 is 2.09 bits per heavy atom. The van der Waals surface area contributed by atoms with Crippen LogP contribution < -0.4 is 10.0 Å². The van der Waals surface area contributed by atoms with Crippen molar-refractivity contribution >= 4 is 47.2 Å². The smallest absolute Gasteiger partial charge is 0.277 e. The number of thiocarbonyl (C=S) groups is 1. The fraction of sp³-hybridized carbons (Fsp3) is 0.148. The van der Waals surface area contributed by atoms with Gasteiger partial charge in [-0.25, -0.2) is 0 Å². The Labute approximate surface area is 215 Å². The number of hydrogen-bond acceptors (Lipinski definition) is 4. The monoisotopic (exact) mass is 501 g/mol. The van der Waals surface area contributed by atoms with Crippen molar-refractivity contribution in [3.05, 3.63) is 101 Å². The molecule has 0 radical (unpaired) electrons. The molecule has 0 bridgehead atoms. The molecule has 0 unspecified atom stereocenters. The molecular formula is C27H25N4O2S2-. The van der Waals surface area contributed by atoms with Gasteiger partial charge in [0, 0.05) is 24.5 Å². The molecule has 0 N–H and O–H groups in total. The number of likely N-dealkylation sites (N-methyl/N-ethyl adjacent to an activating group) is 1. The molecule has 1 aromatic heterocycles. The number of nitrogens with zero attached hydrogens (tertiary/aromatic N) is 4. The number of rotatable bonds is 7. The highest BCUT2D eigenvalue weighted by atomic mass is 32.1. The van der Waals surface area contributed by atoms with Gasteiger partial charge in [0.1, 0.15) is 5.70 Å². The topological polar surface area (TPSA) is 56.5 Å². The second kappa shape index (κ2) is 10.7. The third kappa shape index (κ3) is 4.62. The van der Waals surface area contributed by atoms with Crippen molar-refractivity contribution < 1.29 is 9.90 Å². The van der Waals surface area contributed by atoms with E-state index >= 15 is 0 Å². The van der Waals surface area contributed by atoms with Crippen LogP contribution in [0.4, 0.5) is 5.69 Å². The summed E-state index contributed by atoms with van der Waals surface area (Å²) in [4.78, 5) is 16.3.